The first kappa shape index (κ1) is 19.5. The molecule has 142 valence electrons. The van der Waals surface area contributed by atoms with E-state index in [2.05, 4.69) is 9.71 Å². The highest BCUT2D eigenvalue weighted by Gasteiger charge is 2.21. The summed E-state index contributed by atoms with van der Waals surface area (Å²) < 4.78 is 38.8. The van der Waals surface area contributed by atoms with Gasteiger partial charge < -0.3 is 9.47 Å². The van der Waals surface area contributed by atoms with Crippen LogP contribution in [-0.2, 0) is 10.0 Å². The maximum Gasteiger partial charge on any atom is 0.265 e. The van der Waals surface area contributed by atoms with Crippen LogP contribution in [0.1, 0.15) is 5.01 Å². The van der Waals surface area contributed by atoms with E-state index in [0.29, 0.717) is 27.7 Å². The average Bonchev–Trinajstić information content (AvgIpc) is 3.07. The second-order valence-electron chi connectivity index (χ2n) is 5.57. The summed E-state index contributed by atoms with van der Waals surface area (Å²) in [5.74, 6) is 0.691. The Balaban J connectivity index is 2.01. The number of rotatable bonds is 6. The lowest BCUT2D eigenvalue weighted by Crippen LogP contribution is -2.14. The Labute approximate surface area is 166 Å². The molecular formula is C18H17ClN2O4S2. The van der Waals surface area contributed by atoms with Crippen molar-refractivity contribution in [2.75, 3.05) is 18.9 Å². The van der Waals surface area contributed by atoms with Gasteiger partial charge in [-0.05, 0) is 43.3 Å². The van der Waals surface area contributed by atoms with E-state index in [9.17, 15) is 8.42 Å². The van der Waals surface area contributed by atoms with Crippen LogP contribution < -0.4 is 14.2 Å². The van der Waals surface area contributed by atoms with Gasteiger partial charge in [0.15, 0.2) is 0 Å². The van der Waals surface area contributed by atoms with Crippen LogP contribution in [0.2, 0.25) is 5.02 Å². The third-order valence-corrected chi connectivity index (χ3v) is 6.24. The van der Waals surface area contributed by atoms with E-state index in [1.165, 1.54) is 31.6 Å². The second kappa shape index (κ2) is 7.75. The maximum absolute atomic E-state index is 13.0. The van der Waals surface area contributed by atoms with Crippen molar-refractivity contribution in [2.45, 2.75) is 11.8 Å². The molecule has 27 heavy (non-hydrogen) atoms. The van der Waals surface area contributed by atoms with Gasteiger partial charge in [-0.25, -0.2) is 13.4 Å². The molecule has 3 aromatic rings. The first-order valence-electron chi connectivity index (χ1n) is 7.81. The summed E-state index contributed by atoms with van der Waals surface area (Å²) in [4.78, 5) is 4.42. The highest BCUT2D eigenvalue weighted by molar-refractivity contribution is 7.92. The number of thiazole rings is 1. The molecule has 1 aromatic heterocycles. The second-order valence-corrected chi connectivity index (χ2v) is 8.69. The molecule has 0 unspecified atom stereocenters. The van der Waals surface area contributed by atoms with Gasteiger partial charge in [-0.1, -0.05) is 11.6 Å². The van der Waals surface area contributed by atoms with Gasteiger partial charge in [-0.2, -0.15) is 0 Å². The number of methoxy groups -OCH3 is 2. The Hall–Kier alpha value is -2.29. The first-order valence-corrected chi connectivity index (χ1v) is 10.5. The molecule has 0 fully saturated rings. The molecule has 0 aliphatic heterocycles. The predicted octanol–water partition coefficient (Wildman–Crippen LogP) is 4.59. The van der Waals surface area contributed by atoms with Crippen LogP contribution in [0.4, 0.5) is 5.69 Å². The Morgan fingerprint density at radius 1 is 1.07 bits per heavy atom. The summed E-state index contributed by atoms with van der Waals surface area (Å²) in [5.41, 5.74) is 1.72. The summed E-state index contributed by atoms with van der Waals surface area (Å²) >= 11 is 7.58. The van der Waals surface area contributed by atoms with Gasteiger partial charge in [-0.15, -0.1) is 11.3 Å². The number of hydrogen-bond acceptors (Lipinski definition) is 6. The van der Waals surface area contributed by atoms with Crippen LogP contribution in [-0.4, -0.2) is 27.6 Å². The first-order chi connectivity index (χ1) is 12.8. The van der Waals surface area contributed by atoms with Gasteiger partial charge >= 0.3 is 0 Å². The lowest BCUT2D eigenvalue weighted by atomic mass is 10.2. The molecule has 1 N–H and O–H groups in total. The Morgan fingerprint density at radius 3 is 2.37 bits per heavy atom. The number of aromatic nitrogens is 1. The van der Waals surface area contributed by atoms with Gasteiger partial charge in [0.2, 0.25) is 0 Å². The van der Waals surface area contributed by atoms with Crippen molar-refractivity contribution in [1.82, 2.24) is 4.98 Å². The number of nitrogens with zero attached hydrogens (tertiary/aromatic N) is 1. The average molecular weight is 425 g/mol. The molecule has 6 nitrogen and oxygen atoms in total. The highest BCUT2D eigenvalue weighted by atomic mass is 35.5. The fraction of sp³-hybridized carbons (Fsp3) is 0.167. The van der Waals surface area contributed by atoms with Gasteiger partial charge in [0.05, 0.1) is 35.6 Å². The molecule has 0 radical (unpaired) electrons. The van der Waals surface area contributed by atoms with Gasteiger partial charge in [-0.3, -0.25) is 4.72 Å². The van der Waals surface area contributed by atoms with Crippen LogP contribution >= 0.6 is 22.9 Å². The maximum atomic E-state index is 13.0. The van der Waals surface area contributed by atoms with E-state index in [4.69, 9.17) is 21.1 Å². The number of nitrogens with one attached hydrogen (secondary N) is 1. The van der Waals surface area contributed by atoms with E-state index in [0.717, 1.165) is 5.01 Å². The molecule has 0 saturated heterocycles. The van der Waals surface area contributed by atoms with Crippen LogP contribution in [0.25, 0.3) is 11.3 Å². The number of halogens is 1. The normalized spacial score (nSPS) is 11.3. The third-order valence-electron chi connectivity index (χ3n) is 3.77. The van der Waals surface area contributed by atoms with Crippen molar-refractivity contribution in [1.29, 1.82) is 0 Å². The minimum atomic E-state index is -3.91. The molecule has 2 aromatic carbocycles. The molecular weight excluding hydrogens is 408 g/mol. The largest absolute Gasteiger partial charge is 0.495 e. The van der Waals surface area contributed by atoms with Crippen molar-refractivity contribution in [3.8, 4) is 22.8 Å². The zero-order valence-electron chi connectivity index (χ0n) is 14.8. The standard InChI is InChI=1S/C18H17ClN2O4S2/c1-11-20-15(10-26-11)12-4-6-17(25-3)18(8-12)27(22,23)21-13-5-7-16(24-2)14(19)9-13/h4-10,21H,1-3H3. The van der Waals surface area contributed by atoms with E-state index in [-0.39, 0.29) is 10.6 Å². The Morgan fingerprint density at radius 2 is 1.78 bits per heavy atom. The molecule has 3 rings (SSSR count). The molecule has 0 amide bonds. The number of aryl methyl sites for hydroxylation is 1. The summed E-state index contributed by atoms with van der Waals surface area (Å²) in [6.45, 7) is 1.89. The molecule has 0 bridgehead atoms. The lowest BCUT2D eigenvalue weighted by molar-refractivity contribution is 0.403. The Kier molecular flexibility index (Phi) is 5.59. The van der Waals surface area contributed by atoms with Crippen LogP contribution in [0.5, 0.6) is 11.5 Å². The molecule has 0 aliphatic rings. The number of anilines is 1. The van der Waals surface area contributed by atoms with Gasteiger partial charge in [0.25, 0.3) is 10.0 Å². The van der Waals surface area contributed by atoms with Crippen molar-refractivity contribution in [3.63, 3.8) is 0 Å². The number of ether oxygens (including phenoxy) is 2. The van der Waals surface area contributed by atoms with Crippen molar-refractivity contribution in [3.05, 3.63) is 51.8 Å². The topological polar surface area (TPSA) is 77.5 Å². The number of sulfonamides is 1. The molecule has 0 spiro atoms. The fourth-order valence-electron chi connectivity index (χ4n) is 2.48. The minimum absolute atomic E-state index is 0.0140. The molecule has 0 saturated carbocycles. The molecule has 9 heteroatoms. The number of benzene rings is 2. The highest BCUT2D eigenvalue weighted by Crippen LogP contribution is 2.33. The predicted molar refractivity (Wildman–Crippen MR) is 108 cm³/mol. The van der Waals surface area contributed by atoms with E-state index in [1.807, 2.05) is 12.3 Å². The smallest absolute Gasteiger partial charge is 0.265 e. The molecule has 0 atom stereocenters. The van der Waals surface area contributed by atoms with Crippen LogP contribution in [0, 0.1) is 6.92 Å². The number of hydrogen-bond donors (Lipinski definition) is 1. The molecule has 1 heterocycles. The monoisotopic (exact) mass is 424 g/mol. The summed E-state index contributed by atoms with van der Waals surface area (Å²) in [5, 5.41) is 3.08. The van der Waals surface area contributed by atoms with Crippen molar-refractivity contribution in [2.24, 2.45) is 0 Å². The van der Waals surface area contributed by atoms with Gasteiger partial charge in [0.1, 0.15) is 16.4 Å². The zero-order chi connectivity index (χ0) is 19.6. The minimum Gasteiger partial charge on any atom is -0.495 e. The van der Waals surface area contributed by atoms with E-state index in [1.54, 1.807) is 30.3 Å². The third kappa shape index (κ3) is 4.18. The van der Waals surface area contributed by atoms with Crippen molar-refractivity contribution < 1.29 is 17.9 Å². The van der Waals surface area contributed by atoms with Crippen LogP contribution in [0.15, 0.2) is 46.7 Å². The summed E-state index contributed by atoms with van der Waals surface area (Å²) in [6.07, 6.45) is 0. The quantitative estimate of drug-likeness (QED) is 0.626. The lowest BCUT2D eigenvalue weighted by Gasteiger charge is -2.13. The van der Waals surface area contributed by atoms with Gasteiger partial charge in [0, 0.05) is 10.9 Å². The SMILES string of the molecule is COc1ccc(NS(=O)(=O)c2cc(-c3csc(C)n3)ccc2OC)cc1Cl. The van der Waals surface area contributed by atoms with Crippen LogP contribution in [0.3, 0.4) is 0 Å². The zero-order valence-corrected chi connectivity index (χ0v) is 17.2. The summed E-state index contributed by atoms with van der Waals surface area (Å²) in [7, 11) is -1.01. The van der Waals surface area contributed by atoms with E-state index >= 15 is 0 Å². The fourth-order valence-corrected chi connectivity index (χ4v) is 4.61. The summed E-state index contributed by atoms with van der Waals surface area (Å²) in [6, 6.07) is 9.57. The molecule has 0 aliphatic carbocycles. The Bertz CT molecular complexity index is 1080. The van der Waals surface area contributed by atoms with Crippen molar-refractivity contribution >= 4 is 38.6 Å². The van der Waals surface area contributed by atoms with E-state index < -0.39 is 10.0 Å².